The van der Waals surface area contributed by atoms with Crippen LogP contribution in [0.25, 0.3) is 0 Å². The van der Waals surface area contributed by atoms with Gasteiger partial charge in [-0.25, -0.2) is 9.59 Å². The fourth-order valence-corrected chi connectivity index (χ4v) is 1.76. The minimum absolute atomic E-state index is 0.179. The van der Waals surface area contributed by atoms with Gasteiger partial charge in [0.25, 0.3) is 0 Å². The quantitative estimate of drug-likeness (QED) is 0.419. The maximum atomic E-state index is 10.7. The van der Waals surface area contributed by atoms with E-state index in [0.29, 0.717) is 0 Å². The van der Waals surface area contributed by atoms with E-state index in [4.69, 9.17) is 10.2 Å². The monoisotopic (exact) mass is 280 g/mol. The fraction of sp³-hybridized carbons (Fsp3) is 0.286. The molecule has 6 nitrogen and oxygen atoms in total. The average molecular weight is 280 g/mol. The van der Waals surface area contributed by atoms with Gasteiger partial charge in [-0.2, -0.15) is 0 Å². The number of hydrogen-bond donors (Lipinski definition) is 4. The zero-order valence-corrected chi connectivity index (χ0v) is 10.7. The maximum absolute atomic E-state index is 10.7. The highest BCUT2D eigenvalue weighted by Crippen LogP contribution is 2.30. The van der Waals surface area contributed by atoms with Crippen LogP contribution in [-0.2, 0) is 9.59 Å². The Bertz CT molecular complexity index is 466. The molecule has 0 aromatic heterocycles. The third kappa shape index (κ3) is 3.91. The lowest BCUT2D eigenvalue weighted by Crippen LogP contribution is -2.34. The van der Waals surface area contributed by atoms with Crippen molar-refractivity contribution in [3.8, 4) is 0 Å². The van der Waals surface area contributed by atoms with E-state index in [-0.39, 0.29) is 24.0 Å². The van der Waals surface area contributed by atoms with Crippen LogP contribution in [0.3, 0.4) is 0 Å². The number of hydrogen-bond acceptors (Lipinski definition) is 4. The van der Waals surface area contributed by atoms with Gasteiger partial charge in [0.15, 0.2) is 0 Å². The van der Waals surface area contributed by atoms with Crippen LogP contribution in [0.5, 0.6) is 0 Å². The van der Waals surface area contributed by atoms with Crippen molar-refractivity contribution in [3.63, 3.8) is 0 Å². The molecule has 4 N–H and O–H groups in total. The predicted octanol–water partition coefficient (Wildman–Crippen LogP) is 0.636. The van der Waals surface area contributed by atoms with Crippen LogP contribution in [0.1, 0.15) is 12.8 Å². The molecule has 0 atom stereocenters. The molecule has 0 fully saturated rings. The molecule has 0 aliphatic heterocycles. The van der Waals surface area contributed by atoms with E-state index in [0.717, 1.165) is 0 Å². The normalized spacial score (nSPS) is 28.1. The van der Waals surface area contributed by atoms with Crippen LogP contribution < -0.4 is 0 Å². The zero-order chi connectivity index (χ0) is 15.6. The minimum atomic E-state index is -1.56. The first-order valence-electron chi connectivity index (χ1n) is 5.75. The van der Waals surface area contributed by atoms with Gasteiger partial charge in [0.1, 0.15) is 11.2 Å². The summed E-state index contributed by atoms with van der Waals surface area (Å²) in [7, 11) is 0. The third-order valence-corrected chi connectivity index (χ3v) is 2.92. The molecule has 0 spiro atoms. The summed E-state index contributed by atoms with van der Waals surface area (Å²) in [5, 5.41) is 37.7. The number of carboxylic acid groups (broad SMARTS) is 2. The van der Waals surface area contributed by atoms with E-state index in [9.17, 15) is 19.8 Å². The Morgan fingerprint density at radius 1 is 0.800 bits per heavy atom. The Kier molecular flexibility index (Phi) is 4.32. The van der Waals surface area contributed by atoms with Gasteiger partial charge in [-0.05, 0) is 24.3 Å². The molecule has 1 aliphatic carbocycles. The van der Waals surface area contributed by atoms with Gasteiger partial charge in [0.05, 0.1) is 0 Å². The van der Waals surface area contributed by atoms with Gasteiger partial charge < -0.3 is 20.4 Å². The van der Waals surface area contributed by atoms with E-state index in [1.165, 1.54) is 24.3 Å². The molecule has 0 aromatic rings. The Balaban J connectivity index is 2.81. The summed E-state index contributed by atoms with van der Waals surface area (Å²) in [5.41, 5.74) is -3.48. The van der Waals surface area contributed by atoms with E-state index >= 15 is 0 Å². The lowest BCUT2D eigenvalue weighted by molar-refractivity contribution is -0.134. The summed E-state index contributed by atoms with van der Waals surface area (Å²) in [5.74, 6) is -2.44. The van der Waals surface area contributed by atoms with Crippen molar-refractivity contribution in [1.82, 2.24) is 0 Å². The molecule has 20 heavy (non-hydrogen) atoms. The molecule has 0 aromatic carbocycles. The molecule has 1 aliphatic rings. The lowest BCUT2D eigenvalue weighted by atomic mass is 9.83. The predicted molar refractivity (Wildman–Crippen MR) is 71.0 cm³/mol. The first-order valence-corrected chi connectivity index (χ1v) is 5.75. The number of carbonyl (C=O) groups is 2. The topological polar surface area (TPSA) is 115 Å². The maximum Gasteiger partial charge on any atom is 0.331 e. The molecule has 0 saturated carbocycles. The van der Waals surface area contributed by atoms with Crippen LogP contribution in [0.15, 0.2) is 48.6 Å². The standard InChI is InChI=1S/C14H16O6/c1-9(11(15)16)7-13(19)3-5-14(20,6-4-13)8-10(2)12(17)18/h3-6,19-20H,1-2,7-8H2,(H,15,16)(H,17,18). The SMILES string of the molecule is C=C(CC1(O)C=CC(O)(CC(=C)C(=O)O)C=C1)C(=O)O. The van der Waals surface area contributed by atoms with Crippen molar-refractivity contribution < 1.29 is 30.0 Å². The van der Waals surface area contributed by atoms with Gasteiger partial charge in [0, 0.05) is 24.0 Å². The second-order valence-corrected chi connectivity index (χ2v) is 4.82. The largest absolute Gasteiger partial charge is 0.478 e. The van der Waals surface area contributed by atoms with Crippen molar-refractivity contribution in [1.29, 1.82) is 0 Å². The van der Waals surface area contributed by atoms with Gasteiger partial charge in [0.2, 0.25) is 0 Å². The Morgan fingerprint density at radius 2 is 1.05 bits per heavy atom. The summed E-state index contributed by atoms with van der Waals surface area (Å²) in [6, 6.07) is 0. The summed E-state index contributed by atoms with van der Waals surface area (Å²) in [6.45, 7) is 6.64. The molecule has 0 unspecified atom stereocenters. The second-order valence-electron chi connectivity index (χ2n) is 4.82. The van der Waals surface area contributed by atoms with Gasteiger partial charge >= 0.3 is 11.9 Å². The average Bonchev–Trinajstić information content (AvgIpc) is 2.33. The van der Waals surface area contributed by atoms with Gasteiger partial charge in [-0.1, -0.05) is 13.2 Å². The number of carboxylic acids is 2. The lowest BCUT2D eigenvalue weighted by Gasteiger charge is -2.30. The first kappa shape index (κ1) is 15.9. The van der Waals surface area contributed by atoms with Crippen LogP contribution in [0.4, 0.5) is 0 Å². The molecule has 1 rings (SSSR count). The van der Waals surface area contributed by atoms with Crippen LogP contribution in [0, 0.1) is 0 Å². The smallest absolute Gasteiger partial charge is 0.331 e. The van der Waals surface area contributed by atoms with Crippen LogP contribution in [-0.4, -0.2) is 43.6 Å². The summed E-state index contributed by atoms with van der Waals surface area (Å²) in [6.07, 6.45) is 4.41. The van der Waals surface area contributed by atoms with Crippen LogP contribution >= 0.6 is 0 Å². The molecule has 0 bridgehead atoms. The fourth-order valence-electron chi connectivity index (χ4n) is 1.76. The van der Waals surface area contributed by atoms with E-state index in [1.807, 2.05) is 0 Å². The summed E-state index contributed by atoms with van der Waals surface area (Å²) in [4.78, 5) is 21.4. The summed E-state index contributed by atoms with van der Waals surface area (Å²) >= 11 is 0. The van der Waals surface area contributed by atoms with E-state index < -0.39 is 23.1 Å². The van der Waals surface area contributed by atoms with Crippen molar-refractivity contribution in [2.45, 2.75) is 24.0 Å². The van der Waals surface area contributed by atoms with E-state index in [1.54, 1.807) is 0 Å². The van der Waals surface area contributed by atoms with Gasteiger partial charge in [-0.3, -0.25) is 0 Å². The molecular weight excluding hydrogens is 264 g/mol. The van der Waals surface area contributed by atoms with Crippen molar-refractivity contribution in [2.75, 3.05) is 0 Å². The number of aliphatic carboxylic acids is 2. The minimum Gasteiger partial charge on any atom is -0.478 e. The molecule has 0 amide bonds. The van der Waals surface area contributed by atoms with Crippen molar-refractivity contribution >= 4 is 11.9 Å². The molecule has 6 heteroatoms. The Labute approximate surface area is 115 Å². The number of rotatable bonds is 6. The van der Waals surface area contributed by atoms with Crippen LogP contribution in [0.2, 0.25) is 0 Å². The molecule has 108 valence electrons. The Morgan fingerprint density at radius 3 is 1.25 bits per heavy atom. The molecule has 0 heterocycles. The third-order valence-electron chi connectivity index (χ3n) is 2.92. The summed E-state index contributed by atoms with van der Waals surface area (Å²) < 4.78 is 0. The highest BCUT2D eigenvalue weighted by molar-refractivity contribution is 5.86. The van der Waals surface area contributed by atoms with E-state index in [2.05, 4.69) is 13.2 Å². The number of aliphatic hydroxyl groups is 2. The van der Waals surface area contributed by atoms with Crippen molar-refractivity contribution in [3.05, 3.63) is 48.6 Å². The first-order chi connectivity index (χ1) is 9.07. The highest BCUT2D eigenvalue weighted by Gasteiger charge is 2.33. The second kappa shape index (κ2) is 5.44. The van der Waals surface area contributed by atoms with Gasteiger partial charge in [-0.15, -0.1) is 0 Å². The molecular formula is C14H16O6. The Hall–Kier alpha value is -2.18. The molecule has 0 saturated heterocycles. The van der Waals surface area contributed by atoms with Crippen molar-refractivity contribution in [2.24, 2.45) is 0 Å². The highest BCUT2D eigenvalue weighted by atomic mass is 16.4. The zero-order valence-electron chi connectivity index (χ0n) is 10.7. The molecule has 0 radical (unpaired) electrons.